The lowest BCUT2D eigenvalue weighted by molar-refractivity contribution is -0.129. The summed E-state index contributed by atoms with van der Waals surface area (Å²) < 4.78 is 5.47. The SMILES string of the molecule is CO[C@H](C1CC1)[C@H](C)NC(=O)[C@H]1CCCCC(=O)N1. The Morgan fingerprint density at radius 1 is 1.37 bits per heavy atom. The van der Waals surface area contributed by atoms with Gasteiger partial charge in [-0.3, -0.25) is 9.59 Å². The second-order valence-corrected chi connectivity index (χ2v) is 5.70. The molecule has 3 atom stereocenters. The van der Waals surface area contributed by atoms with E-state index in [4.69, 9.17) is 4.74 Å². The molecule has 1 saturated carbocycles. The second kappa shape index (κ2) is 6.37. The van der Waals surface area contributed by atoms with Crippen LogP contribution in [0.1, 0.15) is 45.4 Å². The molecule has 0 bridgehead atoms. The summed E-state index contributed by atoms with van der Waals surface area (Å²) in [7, 11) is 1.69. The number of rotatable bonds is 5. The van der Waals surface area contributed by atoms with E-state index in [0.29, 0.717) is 12.3 Å². The van der Waals surface area contributed by atoms with E-state index in [1.54, 1.807) is 7.11 Å². The van der Waals surface area contributed by atoms with Crippen LogP contribution in [0, 0.1) is 5.92 Å². The van der Waals surface area contributed by atoms with Crippen molar-refractivity contribution in [3.05, 3.63) is 0 Å². The van der Waals surface area contributed by atoms with Crippen LogP contribution in [0.25, 0.3) is 0 Å². The molecule has 5 heteroatoms. The van der Waals surface area contributed by atoms with Gasteiger partial charge in [0.25, 0.3) is 0 Å². The highest BCUT2D eigenvalue weighted by molar-refractivity contribution is 5.88. The first-order valence-corrected chi connectivity index (χ1v) is 7.24. The summed E-state index contributed by atoms with van der Waals surface area (Å²) >= 11 is 0. The number of ether oxygens (including phenoxy) is 1. The summed E-state index contributed by atoms with van der Waals surface area (Å²) in [6.07, 6.45) is 5.49. The molecule has 19 heavy (non-hydrogen) atoms. The van der Waals surface area contributed by atoms with Crippen molar-refractivity contribution in [2.45, 2.75) is 63.6 Å². The third-order valence-electron chi connectivity index (χ3n) is 4.02. The summed E-state index contributed by atoms with van der Waals surface area (Å²) in [4.78, 5) is 23.7. The summed E-state index contributed by atoms with van der Waals surface area (Å²) in [5.41, 5.74) is 0. The maximum absolute atomic E-state index is 12.2. The maximum atomic E-state index is 12.2. The lowest BCUT2D eigenvalue weighted by Gasteiger charge is -2.25. The van der Waals surface area contributed by atoms with Crippen LogP contribution in [-0.4, -0.2) is 37.1 Å². The van der Waals surface area contributed by atoms with Crippen molar-refractivity contribution in [3.63, 3.8) is 0 Å². The van der Waals surface area contributed by atoms with E-state index in [2.05, 4.69) is 10.6 Å². The molecule has 0 aromatic carbocycles. The van der Waals surface area contributed by atoms with Crippen molar-refractivity contribution >= 4 is 11.8 Å². The van der Waals surface area contributed by atoms with Crippen LogP contribution in [0.3, 0.4) is 0 Å². The zero-order chi connectivity index (χ0) is 13.8. The molecule has 108 valence electrons. The van der Waals surface area contributed by atoms with Gasteiger partial charge in [-0.05, 0) is 38.5 Å². The van der Waals surface area contributed by atoms with E-state index < -0.39 is 0 Å². The first-order valence-electron chi connectivity index (χ1n) is 7.24. The quantitative estimate of drug-likeness (QED) is 0.781. The standard InChI is InChI=1S/C14H24N2O3/c1-9(13(19-2)10-7-8-10)15-14(18)11-5-3-4-6-12(17)16-11/h9-11,13H,3-8H2,1-2H3,(H,15,18)(H,16,17)/t9-,11+,13-/m0/s1. The van der Waals surface area contributed by atoms with Crippen molar-refractivity contribution in [1.29, 1.82) is 0 Å². The van der Waals surface area contributed by atoms with E-state index in [1.807, 2.05) is 6.92 Å². The van der Waals surface area contributed by atoms with Crippen molar-refractivity contribution in [2.75, 3.05) is 7.11 Å². The second-order valence-electron chi connectivity index (χ2n) is 5.70. The Hall–Kier alpha value is -1.10. The van der Waals surface area contributed by atoms with Gasteiger partial charge in [-0.15, -0.1) is 0 Å². The van der Waals surface area contributed by atoms with Gasteiger partial charge in [-0.2, -0.15) is 0 Å². The number of hydrogen-bond donors (Lipinski definition) is 2. The molecule has 1 aliphatic carbocycles. The molecule has 2 amide bonds. The maximum Gasteiger partial charge on any atom is 0.242 e. The minimum absolute atomic E-state index is 0.00912. The van der Waals surface area contributed by atoms with Crippen molar-refractivity contribution < 1.29 is 14.3 Å². The van der Waals surface area contributed by atoms with Crippen molar-refractivity contribution in [2.24, 2.45) is 5.92 Å². The van der Waals surface area contributed by atoms with E-state index in [1.165, 1.54) is 12.8 Å². The normalized spacial score (nSPS) is 27.1. The van der Waals surface area contributed by atoms with E-state index >= 15 is 0 Å². The van der Waals surface area contributed by atoms with Gasteiger partial charge in [0.05, 0.1) is 12.1 Å². The van der Waals surface area contributed by atoms with Gasteiger partial charge >= 0.3 is 0 Å². The summed E-state index contributed by atoms with van der Waals surface area (Å²) in [5.74, 6) is 0.477. The summed E-state index contributed by atoms with van der Waals surface area (Å²) in [6.45, 7) is 1.98. The fourth-order valence-electron chi connectivity index (χ4n) is 2.81. The molecule has 1 heterocycles. The van der Waals surface area contributed by atoms with Crippen LogP contribution in [0.2, 0.25) is 0 Å². The predicted molar refractivity (Wildman–Crippen MR) is 71.5 cm³/mol. The largest absolute Gasteiger partial charge is 0.379 e. The number of carbonyl (C=O) groups excluding carboxylic acids is 2. The molecule has 2 rings (SSSR count). The van der Waals surface area contributed by atoms with E-state index in [-0.39, 0.29) is 30.0 Å². The summed E-state index contributed by atoms with van der Waals surface area (Å²) in [6, 6.07) is -0.390. The fraction of sp³-hybridized carbons (Fsp3) is 0.857. The lowest BCUT2D eigenvalue weighted by atomic mass is 10.1. The Morgan fingerprint density at radius 3 is 2.74 bits per heavy atom. The van der Waals surface area contributed by atoms with Crippen molar-refractivity contribution in [1.82, 2.24) is 10.6 Å². The van der Waals surface area contributed by atoms with Crippen LogP contribution < -0.4 is 10.6 Å². The molecule has 2 aliphatic rings. The smallest absolute Gasteiger partial charge is 0.242 e. The number of hydrogen-bond acceptors (Lipinski definition) is 3. The van der Waals surface area contributed by atoms with Gasteiger partial charge in [0.2, 0.25) is 11.8 Å². The first kappa shape index (κ1) is 14.3. The zero-order valence-electron chi connectivity index (χ0n) is 11.8. The Balaban J connectivity index is 1.86. The highest BCUT2D eigenvalue weighted by Crippen LogP contribution is 2.35. The Morgan fingerprint density at radius 2 is 2.11 bits per heavy atom. The number of methoxy groups -OCH3 is 1. The van der Waals surface area contributed by atoms with Gasteiger partial charge in [0.1, 0.15) is 6.04 Å². The highest BCUT2D eigenvalue weighted by atomic mass is 16.5. The molecule has 1 aliphatic heterocycles. The summed E-state index contributed by atoms with van der Waals surface area (Å²) in [5, 5.41) is 5.79. The zero-order valence-corrected chi connectivity index (χ0v) is 11.8. The molecule has 5 nitrogen and oxygen atoms in total. The first-order chi connectivity index (χ1) is 9.11. The van der Waals surface area contributed by atoms with Crippen LogP contribution in [0.15, 0.2) is 0 Å². The van der Waals surface area contributed by atoms with Crippen molar-refractivity contribution in [3.8, 4) is 0 Å². The van der Waals surface area contributed by atoms with Gasteiger partial charge in [-0.1, -0.05) is 6.42 Å². The predicted octanol–water partition coefficient (Wildman–Crippen LogP) is 0.975. The average molecular weight is 268 g/mol. The fourth-order valence-corrected chi connectivity index (χ4v) is 2.81. The van der Waals surface area contributed by atoms with Gasteiger partial charge < -0.3 is 15.4 Å². The molecule has 0 radical (unpaired) electrons. The number of amides is 2. The molecular weight excluding hydrogens is 244 g/mol. The lowest BCUT2D eigenvalue weighted by Crippen LogP contribution is -2.51. The van der Waals surface area contributed by atoms with Crippen LogP contribution in [0.4, 0.5) is 0 Å². The van der Waals surface area contributed by atoms with Crippen LogP contribution >= 0.6 is 0 Å². The van der Waals surface area contributed by atoms with Gasteiger partial charge in [0.15, 0.2) is 0 Å². The number of nitrogens with one attached hydrogen (secondary N) is 2. The third-order valence-corrected chi connectivity index (χ3v) is 4.02. The molecule has 0 spiro atoms. The molecule has 0 aromatic rings. The van der Waals surface area contributed by atoms with Gasteiger partial charge in [-0.25, -0.2) is 0 Å². The minimum Gasteiger partial charge on any atom is -0.379 e. The monoisotopic (exact) mass is 268 g/mol. The molecule has 1 saturated heterocycles. The molecule has 0 aromatic heterocycles. The topological polar surface area (TPSA) is 67.4 Å². The Labute approximate surface area is 114 Å². The van der Waals surface area contributed by atoms with E-state index in [0.717, 1.165) is 19.3 Å². The molecular formula is C14H24N2O3. The minimum atomic E-state index is -0.380. The molecule has 2 fully saturated rings. The van der Waals surface area contributed by atoms with Crippen LogP contribution in [0.5, 0.6) is 0 Å². The van der Waals surface area contributed by atoms with Crippen LogP contribution in [-0.2, 0) is 14.3 Å². The average Bonchev–Trinajstić information content (AvgIpc) is 3.18. The van der Waals surface area contributed by atoms with E-state index in [9.17, 15) is 9.59 Å². The molecule has 0 unspecified atom stereocenters. The van der Waals surface area contributed by atoms with Gasteiger partial charge in [0, 0.05) is 13.5 Å². The Kier molecular flexibility index (Phi) is 4.80. The molecule has 2 N–H and O–H groups in total. The third kappa shape index (κ3) is 3.93. The highest BCUT2D eigenvalue weighted by Gasteiger charge is 2.36. The number of carbonyl (C=O) groups is 2. The Bertz CT molecular complexity index is 342.